The smallest absolute Gasteiger partial charge is 0.313 e. The van der Waals surface area contributed by atoms with E-state index >= 15 is 0 Å². The van der Waals surface area contributed by atoms with Gasteiger partial charge in [0.15, 0.2) is 0 Å². The van der Waals surface area contributed by atoms with Gasteiger partial charge in [0.2, 0.25) is 0 Å². The monoisotopic (exact) mass is 462 g/mol. The van der Waals surface area contributed by atoms with Crippen molar-refractivity contribution in [3.63, 3.8) is 0 Å². The largest absolute Gasteiger partial charge is 0.513 e. The molecule has 3 aliphatic carbocycles. The van der Waals surface area contributed by atoms with E-state index in [1.54, 1.807) is 6.08 Å². The summed E-state index contributed by atoms with van der Waals surface area (Å²) in [7, 11) is 0. The molecule has 5 heteroatoms. The number of aliphatic hydroxyl groups excluding tert-OH is 1. The van der Waals surface area contributed by atoms with Crippen molar-refractivity contribution >= 4 is 11.9 Å². The minimum absolute atomic E-state index is 0.0137. The van der Waals surface area contributed by atoms with E-state index < -0.39 is 22.8 Å². The number of hydrogen-bond donors (Lipinski definition) is 3. The van der Waals surface area contributed by atoms with Crippen LogP contribution in [0.5, 0.6) is 0 Å². The molecule has 0 aromatic carbocycles. The highest BCUT2D eigenvalue weighted by atomic mass is 16.4. The van der Waals surface area contributed by atoms with Gasteiger partial charge in [-0.15, -0.1) is 0 Å². The lowest BCUT2D eigenvalue weighted by Gasteiger charge is -2.48. The number of carboxylic acids is 2. The Hall–Kier alpha value is -1.52. The van der Waals surface area contributed by atoms with Gasteiger partial charge in [0.1, 0.15) is 0 Å². The minimum Gasteiger partial charge on any atom is -0.513 e. The van der Waals surface area contributed by atoms with Gasteiger partial charge in [-0.25, -0.2) is 0 Å². The number of aliphatic carboxylic acids is 2. The second-order valence-electron chi connectivity index (χ2n) is 11.3. The Bertz CT molecular complexity index is 666. The summed E-state index contributed by atoms with van der Waals surface area (Å²) < 4.78 is 0. The van der Waals surface area contributed by atoms with Crippen LogP contribution in [0.25, 0.3) is 0 Å². The normalized spacial score (nSPS) is 32.4. The molecule has 0 saturated heterocycles. The van der Waals surface area contributed by atoms with Gasteiger partial charge < -0.3 is 15.3 Å². The van der Waals surface area contributed by atoms with E-state index in [1.807, 2.05) is 0 Å². The maximum atomic E-state index is 13.0. The topological polar surface area (TPSA) is 94.8 Å². The van der Waals surface area contributed by atoms with Crippen molar-refractivity contribution in [1.29, 1.82) is 0 Å². The Balaban J connectivity index is 1.96. The molecule has 2 saturated carbocycles. The lowest BCUT2D eigenvalue weighted by atomic mass is 9.53. The fourth-order valence-corrected chi connectivity index (χ4v) is 7.18. The van der Waals surface area contributed by atoms with Gasteiger partial charge >= 0.3 is 11.9 Å². The first kappa shape index (κ1) is 26.1. The molecule has 188 valence electrons. The highest BCUT2D eigenvalue weighted by Crippen LogP contribution is 2.56. The summed E-state index contributed by atoms with van der Waals surface area (Å²) in [6.07, 6.45) is 20.7. The van der Waals surface area contributed by atoms with E-state index in [0.717, 1.165) is 77.0 Å². The number of allylic oxidation sites excluding steroid dienone is 1. The SMILES string of the molecule is O=C(O)C1(C2CCCCCCCCC2)C=C(O)CC(C(=O)O)(C2CCCCCCCCC2)C1. The maximum absolute atomic E-state index is 13.0. The highest BCUT2D eigenvalue weighted by molar-refractivity contribution is 5.82. The first-order valence-corrected chi connectivity index (χ1v) is 13.8. The molecule has 0 amide bonds. The first-order chi connectivity index (χ1) is 15.9. The van der Waals surface area contributed by atoms with Crippen LogP contribution in [0.4, 0.5) is 0 Å². The van der Waals surface area contributed by atoms with Crippen LogP contribution in [0.3, 0.4) is 0 Å². The second-order valence-corrected chi connectivity index (χ2v) is 11.3. The molecule has 0 spiro atoms. The quantitative estimate of drug-likeness (QED) is 0.399. The zero-order valence-electron chi connectivity index (χ0n) is 20.5. The van der Waals surface area contributed by atoms with Crippen molar-refractivity contribution in [1.82, 2.24) is 0 Å². The fourth-order valence-electron chi connectivity index (χ4n) is 7.18. The van der Waals surface area contributed by atoms with Crippen LogP contribution in [0, 0.1) is 22.7 Å². The fraction of sp³-hybridized carbons (Fsp3) is 0.857. The molecule has 3 rings (SSSR count). The van der Waals surface area contributed by atoms with E-state index in [1.165, 1.54) is 38.5 Å². The van der Waals surface area contributed by atoms with Crippen LogP contribution < -0.4 is 0 Å². The van der Waals surface area contributed by atoms with Crippen molar-refractivity contribution < 1.29 is 24.9 Å². The van der Waals surface area contributed by atoms with Gasteiger partial charge in [-0.1, -0.05) is 89.9 Å². The zero-order chi connectivity index (χ0) is 23.7. The Morgan fingerprint density at radius 3 is 1.42 bits per heavy atom. The van der Waals surface area contributed by atoms with E-state index in [0.29, 0.717) is 0 Å². The molecule has 0 aromatic rings. The summed E-state index contributed by atoms with van der Waals surface area (Å²) in [5.74, 6) is -2.06. The molecular weight excluding hydrogens is 416 g/mol. The standard InChI is InChI=1S/C28H46O5/c29-24-19-27(25(30)31,22-15-11-7-3-1-4-8-12-16-22)21-28(20-24,26(32)33)23-17-13-9-5-2-6-10-14-18-23/h19,22-23,29H,1-18,20-21H2,(H,30,31)(H,32,33). The Morgan fingerprint density at radius 1 is 0.636 bits per heavy atom. The number of hydrogen-bond acceptors (Lipinski definition) is 3. The molecule has 2 atom stereocenters. The van der Waals surface area contributed by atoms with Crippen LogP contribution in [0.1, 0.15) is 128 Å². The van der Waals surface area contributed by atoms with Crippen molar-refractivity contribution in [2.45, 2.75) is 128 Å². The first-order valence-electron chi connectivity index (χ1n) is 13.8. The van der Waals surface area contributed by atoms with Crippen molar-refractivity contribution in [3.8, 4) is 0 Å². The van der Waals surface area contributed by atoms with Crippen molar-refractivity contribution in [2.75, 3.05) is 0 Å². The number of aliphatic hydroxyl groups is 1. The summed E-state index contributed by atoms with van der Waals surface area (Å²) in [5.41, 5.74) is -2.47. The summed E-state index contributed by atoms with van der Waals surface area (Å²) in [6, 6.07) is 0. The average Bonchev–Trinajstić information content (AvgIpc) is 2.80. The molecule has 0 aromatic heterocycles. The highest BCUT2D eigenvalue weighted by Gasteiger charge is 2.58. The van der Waals surface area contributed by atoms with Crippen LogP contribution in [0.2, 0.25) is 0 Å². The van der Waals surface area contributed by atoms with Gasteiger partial charge in [-0.2, -0.15) is 0 Å². The van der Waals surface area contributed by atoms with E-state index in [-0.39, 0.29) is 30.4 Å². The maximum Gasteiger partial charge on any atom is 0.313 e. The molecule has 5 nitrogen and oxygen atoms in total. The minimum atomic E-state index is -1.28. The molecule has 2 fully saturated rings. The van der Waals surface area contributed by atoms with Crippen LogP contribution >= 0.6 is 0 Å². The summed E-state index contributed by atoms with van der Waals surface area (Å²) >= 11 is 0. The molecule has 0 heterocycles. The number of carboxylic acid groups (broad SMARTS) is 2. The molecule has 2 unspecified atom stereocenters. The van der Waals surface area contributed by atoms with E-state index in [2.05, 4.69) is 0 Å². The molecule has 3 aliphatic rings. The molecule has 0 radical (unpaired) electrons. The Labute approximate surface area is 200 Å². The average molecular weight is 463 g/mol. The van der Waals surface area contributed by atoms with Gasteiger partial charge in [0.25, 0.3) is 0 Å². The molecule has 3 N–H and O–H groups in total. The molecule has 33 heavy (non-hydrogen) atoms. The number of carbonyl (C=O) groups is 2. The predicted molar refractivity (Wildman–Crippen MR) is 130 cm³/mol. The van der Waals surface area contributed by atoms with Gasteiger partial charge in [0, 0.05) is 6.42 Å². The lowest BCUT2D eigenvalue weighted by molar-refractivity contribution is -0.165. The number of rotatable bonds is 4. The van der Waals surface area contributed by atoms with Crippen LogP contribution in [-0.2, 0) is 9.59 Å². The van der Waals surface area contributed by atoms with Gasteiger partial charge in [0.05, 0.1) is 16.6 Å². The van der Waals surface area contributed by atoms with Crippen LogP contribution in [-0.4, -0.2) is 27.3 Å². The third kappa shape index (κ3) is 6.33. The summed E-state index contributed by atoms with van der Waals surface area (Å²) in [5, 5.41) is 32.1. The lowest BCUT2D eigenvalue weighted by Crippen LogP contribution is -2.51. The van der Waals surface area contributed by atoms with Crippen molar-refractivity contribution in [2.24, 2.45) is 22.7 Å². The van der Waals surface area contributed by atoms with Crippen molar-refractivity contribution in [3.05, 3.63) is 11.8 Å². The third-order valence-corrected chi connectivity index (χ3v) is 9.07. The van der Waals surface area contributed by atoms with E-state index in [4.69, 9.17) is 0 Å². The molecule has 0 aliphatic heterocycles. The van der Waals surface area contributed by atoms with Crippen LogP contribution in [0.15, 0.2) is 11.8 Å². The van der Waals surface area contributed by atoms with Gasteiger partial charge in [-0.3, -0.25) is 9.59 Å². The Kier molecular flexibility index (Phi) is 9.69. The Morgan fingerprint density at radius 2 is 1.03 bits per heavy atom. The second kappa shape index (κ2) is 12.3. The summed E-state index contributed by atoms with van der Waals surface area (Å²) in [4.78, 5) is 25.9. The molecule has 0 bridgehead atoms. The van der Waals surface area contributed by atoms with E-state index in [9.17, 15) is 24.9 Å². The predicted octanol–water partition coefficient (Wildman–Crippen LogP) is 7.65. The van der Waals surface area contributed by atoms with Gasteiger partial charge in [-0.05, 0) is 50.0 Å². The summed E-state index contributed by atoms with van der Waals surface area (Å²) in [6.45, 7) is 0. The third-order valence-electron chi connectivity index (χ3n) is 9.07. The molecular formula is C28H46O5. The zero-order valence-corrected chi connectivity index (χ0v) is 20.5.